The summed E-state index contributed by atoms with van der Waals surface area (Å²) in [4.78, 5) is 0. The van der Waals surface area contributed by atoms with Gasteiger partial charge in [0.2, 0.25) is 0 Å². The predicted octanol–water partition coefficient (Wildman–Crippen LogP) is 3.95. The topological polar surface area (TPSA) is 0 Å². The van der Waals surface area contributed by atoms with Crippen LogP contribution in [0.2, 0.25) is 0 Å². The highest BCUT2D eigenvalue weighted by Gasteiger charge is 1.89. The van der Waals surface area contributed by atoms with Crippen LogP contribution in [-0.2, 0) is 0 Å². The summed E-state index contributed by atoms with van der Waals surface area (Å²) in [5.41, 5.74) is 1.32. The number of hydrogen-bond donors (Lipinski definition) is 0. The van der Waals surface area contributed by atoms with Crippen LogP contribution in [-0.4, -0.2) is 0 Å². The molecule has 0 amide bonds. The normalized spacial score (nSPS) is 9.00. The summed E-state index contributed by atoms with van der Waals surface area (Å²) < 4.78 is 0. The molecule has 0 N–H and O–H groups in total. The highest BCUT2D eigenvalue weighted by atomic mass is 13.9. The zero-order valence-corrected chi connectivity index (χ0v) is 7.96. The lowest BCUT2D eigenvalue weighted by molar-refractivity contribution is 1.51. The Balaban J connectivity index is 0.000000396. The summed E-state index contributed by atoms with van der Waals surface area (Å²) in [6.07, 6.45) is 0. The lowest BCUT2D eigenvalue weighted by Crippen LogP contribution is -1.73. The molecular weight excluding hydrogens is 156 g/mol. The van der Waals surface area contributed by atoms with E-state index in [2.05, 4.69) is 62.5 Å². The number of benzene rings is 2. The molecule has 2 aromatic rings. The van der Waals surface area contributed by atoms with E-state index in [1.54, 1.807) is 0 Å². The Labute approximate surface area is 79.5 Å². The fourth-order valence-corrected chi connectivity index (χ4v) is 1.31. The van der Waals surface area contributed by atoms with Gasteiger partial charge in [-0.2, -0.15) is 0 Å². The molecule has 0 aliphatic carbocycles. The molecule has 2 rings (SSSR count). The Hall–Kier alpha value is -1.56. The largest absolute Gasteiger partial charge is 0.106 e. The van der Waals surface area contributed by atoms with Gasteiger partial charge in [-0.15, -0.1) is 13.2 Å². The van der Waals surface area contributed by atoms with Gasteiger partial charge in [-0.05, 0) is 17.7 Å². The van der Waals surface area contributed by atoms with Crippen LogP contribution in [0.5, 0.6) is 0 Å². The highest BCUT2D eigenvalue weighted by molar-refractivity contribution is 5.82. The molecule has 0 aliphatic rings. The third kappa shape index (κ3) is 2.19. The van der Waals surface area contributed by atoms with Crippen molar-refractivity contribution in [2.75, 3.05) is 0 Å². The maximum atomic E-state index is 3.00. The highest BCUT2D eigenvalue weighted by Crippen LogP contribution is 2.14. The van der Waals surface area contributed by atoms with E-state index in [4.69, 9.17) is 0 Å². The standard InChI is InChI=1S/C11H10.C2H4/c1-9-6-7-10-4-2-3-5-11(10)8-9;1-2/h2-8H,1H3;1-2H2. The van der Waals surface area contributed by atoms with Gasteiger partial charge in [0.05, 0.1) is 0 Å². The molecule has 0 atom stereocenters. The van der Waals surface area contributed by atoms with Gasteiger partial charge in [-0.3, -0.25) is 0 Å². The molecule has 0 heteroatoms. The van der Waals surface area contributed by atoms with Gasteiger partial charge in [0.15, 0.2) is 0 Å². The molecule has 0 bridgehead atoms. The average molecular weight is 170 g/mol. The fraction of sp³-hybridized carbons (Fsp3) is 0.0769. The molecule has 0 unspecified atom stereocenters. The van der Waals surface area contributed by atoms with Gasteiger partial charge in [-0.1, -0.05) is 48.0 Å². The van der Waals surface area contributed by atoms with Crippen LogP contribution in [0.25, 0.3) is 10.8 Å². The summed E-state index contributed by atoms with van der Waals surface area (Å²) in [5.74, 6) is 0. The lowest BCUT2D eigenvalue weighted by atomic mass is 10.1. The van der Waals surface area contributed by atoms with Crippen LogP contribution in [0.15, 0.2) is 55.6 Å². The second kappa shape index (κ2) is 4.46. The summed E-state index contributed by atoms with van der Waals surface area (Å²) in [7, 11) is 0. The fourth-order valence-electron chi connectivity index (χ4n) is 1.31. The van der Waals surface area contributed by atoms with Crippen molar-refractivity contribution in [3.05, 3.63) is 61.2 Å². The Morgan fingerprint density at radius 2 is 1.46 bits per heavy atom. The second-order valence-corrected chi connectivity index (χ2v) is 2.85. The van der Waals surface area contributed by atoms with E-state index < -0.39 is 0 Å². The maximum absolute atomic E-state index is 3.00. The monoisotopic (exact) mass is 170 g/mol. The second-order valence-electron chi connectivity index (χ2n) is 2.85. The number of fused-ring (bicyclic) bond motifs is 1. The van der Waals surface area contributed by atoms with E-state index in [-0.39, 0.29) is 0 Å². The molecule has 0 aliphatic heterocycles. The van der Waals surface area contributed by atoms with Crippen molar-refractivity contribution in [2.24, 2.45) is 0 Å². The van der Waals surface area contributed by atoms with Crippen LogP contribution < -0.4 is 0 Å². The van der Waals surface area contributed by atoms with Crippen molar-refractivity contribution in [3.63, 3.8) is 0 Å². The van der Waals surface area contributed by atoms with Gasteiger partial charge < -0.3 is 0 Å². The minimum Gasteiger partial charge on any atom is -0.106 e. The summed E-state index contributed by atoms with van der Waals surface area (Å²) in [5, 5.41) is 2.64. The first-order valence-corrected chi connectivity index (χ1v) is 4.32. The van der Waals surface area contributed by atoms with Gasteiger partial charge >= 0.3 is 0 Å². The first kappa shape index (κ1) is 9.53. The van der Waals surface area contributed by atoms with E-state index in [9.17, 15) is 0 Å². The molecule has 0 heterocycles. The number of rotatable bonds is 0. The molecule has 0 nitrogen and oxygen atoms in total. The van der Waals surface area contributed by atoms with Crippen molar-refractivity contribution < 1.29 is 0 Å². The quantitative estimate of drug-likeness (QED) is 0.525. The van der Waals surface area contributed by atoms with Crippen LogP contribution in [0.3, 0.4) is 0 Å². The third-order valence-electron chi connectivity index (χ3n) is 1.90. The van der Waals surface area contributed by atoms with Crippen molar-refractivity contribution in [1.82, 2.24) is 0 Å². The molecule has 13 heavy (non-hydrogen) atoms. The Bertz CT molecular complexity index is 388. The van der Waals surface area contributed by atoms with Crippen molar-refractivity contribution in [2.45, 2.75) is 6.92 Å². The summed E-state index contributed by atoms with van der Waals surface area (Å²) in [6, 6.07) is 14.9. The van der Waals surface area contributed by atoms with E-state index in [0.717, 1.165) is 0 Å². The van der Waals surface area contributed by atoms with E-state index in [0.29, 0.717) is 0 Å². The van der Waals surface area contributed by atoms with E-state index in [1.807, 2.05) is 0 Å². The van der Waals surface area contributed by atoms with Crippen molar-refractivity contribution >= 4 is 10.8 Å². The first-order valence-electron chi connectivity index (χ1n) is 4.32. The zero-order valence-electron chi connectivity index (χ0n) is 7.96. The molecule has 0 saturated carbocycles. The van der Waals surface area contributed by atoms with Crippen LogP contribution >= 0.6 is 0 Å². The molecule has 0 spiro atoms. The molecule has 2 aromatic carbocycles. The molecular formula is C13H14. The Morgan fingerprint density at radius 1 is 0.846 bits per heavy atom. The van der Waals surface area contributed by atoms with Crippen molar-refractivity contribution in [3.8, 4) is 0 Å². The minimum atomic E-state index is 1.32. The Morgan fingerprint density at radius 3 is 2.15 bits per heavy atom. The molecule has 0 aromatic heterocycles. The van der Waals surface area contributed by atoms with E-state index >= 15 is 0 Å². The molecule has 0 radical (unpaired) electrons. The predicted molar refractivity (Wildman–Crippen MR) is 59.9 cm³/mol. The number of hydrogen-bond acceptors (Lipinski definition) is 0. The molecule has 0 fully saturated rings. The summed E-state index contributed by atoms with van der Waals surface area (Å²) >= 11 is 0. The minimum absolute atomic E-state index is 1.32. The van der Waals surface area contributed by atoms with Crippen LogP contribution in [0.1, 0.15) is 5.56 Å². The van der Waals surface area contributed by atoms with E-state index in [1.165, 1.54) is 16.3 Å². The molecule has 66 valence electrons. The van der Waals surface area contributed by atoms with Gasteiger partial charge in [0, 0.05) is 0 Å². The maximum Gasteiger partial charge on any atom is -0.0181 e. The van der Waals surface area contributed by atoms with Gasteiger partial charge in [0.1, 0.15) is 0 Å². The SMILES string of the molecule is C=C.Cc1ccc2ccccc2c1. The summed E-state index contributed by atoms with van der Waals surface area (Å²) in [6.45, 7) is 8.12. The van der Waals surface area contributed by atoms with Crippen LogP contribution in [0, 0.1) is 6.92 Å². The first-order chi connectivity index (χ1) is 6.36. The lowest BCUT2D eigenvalue weighted by Gasteiger charge is -1.96. The van der Waals surface area contributed by atoms with Gasteiger partial charge in [0.25, 0.3) is 0 Å². The molecule has 0 saturated heterocycles. The van der Waals surface area contributed by atoms with Gasteiger partial charge in [-0.25, -0.2) is 0 Å². The average Bonchev–Trinajstić information content (AvgIpc) is 2.21. The zero-order chi connectivity index (χ0) is 9.68. The third-order valence-corrected chi connectivity index (χ3v) is 1.90. The van der Waals surface area contributed by atoms with Crippen molar-refractivity contribution in [1.29, 1.82) is 0 Å². The number of aryl methyl sites for hydroxylation is 1. The van der Waals surface area contributed by atoms with Crippen LogP contribution in [0.4, 0.5) is 0 Å². The Kier molecular flexibility index (Phi) is 3.27. The smallest absolute Gasteiger partial charge is 0.0181 e.